The molecule has 0 saturated carbocycles. The van der Waals surface area contributed by atoms with Crippen LogP contribution < -0.4 is 10.6 Å². The number of hydrogen-bond donors (Lipinski definition) is 2. The summed E-state index contributed by atoms with van der Waals surface area (Å²) in [4.78, 5) is 18.9. The minimum absolute atomic E-state index is 0.219. The summed E-state index contributed by atoms with van der Waals surface area (Å²) in [7, 11) is 0. The van der Waals surface area contributed by atoms with Crippen molar-refractivity contribution < 1.29 is 9.18 Å². The van der Waals surface area contributed by atoms with Gasteiger partial charge in [-0.1, -0.05) is 6.07 Å². The summed E-state index contributed by atoms with van der Waals surface area (Å²) in [5.74, 6) is -0.825. The van der Waals surface area contributed by atoms with Crippen LogP contribution in [-0.4, -0.2) is 41.5 Å². The molecule has 1 atom stereocenters. The van der Waals surface area contributed by atoms with Crippen molar-refractivity contribution in [1.82, 2.24) is 15.2 Å². The van der Waals surface area contributed by atoms with Crippen LogP contribution in [0.25, 0.3) is 0 Å². The second kappa shape index (κ2) is 8.15. The van der Waals surface area contributed by atoms with Gasteiger partial charge in [0.2, 0.25) is 0 Å². The predicted octanol–water partition coefficient (Wildman–Crippen LogP) is 3.19. The van der Waals surface area contributed by atoms with Gasteiger partial charge in [0, 0.05) is 44.1 Å². The number of pyridine rings is 1. The molecule has 6 heteroatoms. The maximum Gasteiger partial charge on any atom is 0.257 e. The molecule has 0 bridgehead atoms. The smallest absolute Gasteiger partial charge is 0.257 e. The molecule has 1 aromatic heterocycles. The van der Waals surface area contributed by atoms with Crippen molar-refractivity contribution in [3.05, 3.63) is 58.2 Å². The Balaban J connectivity index is 1.80. The van der Waals surface area contributed by atoms with Gasteiger partial charge in [0.15, 0.2) is 0 Å². The first kappa shape index (κ1) is 19.5. The summed E-state index contributed by atoms with van der Waals surface area (Å²) < 4.78 is 13.7. The van der Waals surface area contributed by atoms with Crippen LogP contribution in [-0.2, 0) is 6.54 Å². The van der Waals surface area contributed by atoms with Crippen molar-refractivity contribution in [1.29, 1.82) is 0 Å². The quantitative estimate of drug-likeness (QED) is 0.868. The molecule has 1 aliphatic rings. The lowest BCUT2D eigenvalue weighted by molar-refractivity contribution is 0.102. The Kier molecular flexibility index (Phi) is 5.87. The molecule has 2 aromatic rings. The lowest BCUT2D eigenvalue weighted by atomic mass is 10.0. The number of halogens is 1. The summed E-state index contributed by atoms with van der Waals surface area (Å²) in [6.07, 6.45) is 1.40. The summed E-state index contributed by atoms with van der Waals surface area (Å²) in [5.41, 5.74) is 4.59. The molecular formula is C21H27FN4O. The molecule has 2 N–H and O–H groups in total. The normalized spacial score (nSPS) is 17.7. The van der Waals surface area contributed by atoms with Crippen molar-refractivity contribution in [2.45, 2.75) is 40.3 Å². The highest BCUT2D eigenvalue weighted by atomic mass is 19.1. The Morgan fingerprint density at radius 2 is 2.11 bits per heavy atom. The maximum atomic E-state index is 13.7. The predicted molar refractivity (Wildman–Crippen MR) is 106 cm³/mol. The molecule has 5 nitrogen and oxygen atoms in total. The van der Waals surface area contributed by atoms with Crippen LogP contribution >= 0.6 is 0 Å². The molecule has 2 heterocycles. The van der Waals surface area contributed by atoms with E-state index in [0.717, 1.165) is 43.0 Å². The number of rotatable bonds is 4. The molecule has 1 aliphatic heterocycles. The summed E-state index contributed by atoms with van der Waals surface area (Å²) in [6.45, 7) is 11.7. The Morgan fingerprint density at radius 1 is 1.33 bits per heavy atom. The number of aryl methyl sites for hydroxylation is 2. The van der Waals surface area contributed by atoms with Gasteiger partial charge in [-0.05, 0) is 56.5 Å². The van der Waals surface area contributed by atoms with E-state index in [9.17, 15) is 9.18 Å². The highest BCUT2D eigenvalue weighted by molar-refractivity contribution is 6.04. The number of nitrogens with one attached hydrogen (secondary N) is 2. The van der Waals surface area contributed by atoms with Crippen molar-refractivity contribution >= 4 is 11.6 Å². The first-order chi connectivity index (χ1) is 12.8. The first-order valence-electron chi connectivity index (χ1n) is 9.33. The third kappa shape index (κ3) is 4.70. The number of hydrogen-bond acceptors (Lipinski definition) is 4. The third-order valence-electron chi connectivity index (χ3n) is 5.04. The largest absolute Gasteiger partial charge is 0.322 e. The molecule has 0 aliphatic carbocycles. The Hall–Kier alpha value is -2.31. The summed E-state index contributed by atoms with van der Waals surface area (Å²) in [6, 6.07) is 5.83. The van der Waals surface area contributed by atoms with E-state index in [2.05, 4.69) is 33.5 Å². The van der Waals surface area contributed by atoms with Crippen LogP contribution in [0.4, 0.5) is 10.1 Å². The number of piperazine rings is 1. The van der Waals surface area contributed by atoms with E-state index in [0.29, 0.717) is 6.04 Å². The summed E-state index contributed by atoms with van der Waals surface area (Å²) >= 11 is 0. The van der Waals surface area contributed by atoms with E-state index in [4.69, 9.17) is 0 Å². The number of nitrogens with zero attached hydrogens (tertiary/aromatic N) is 2. The molecule has 0 unspecified atom stereocenters. The molecular weight excluding hydrogens is 343 g/mol. The fourth-order valence-electron chi connectivity index (χ4n) is 3.45. The first-order valence-corrected chi connectivity index (χ1v) is 9.33. The zero-order valence-electron chi connectivity index (χ0n) is 16.4. The van der Waals surface area contributed by atoms with E-state index in [1.54, 1.807) is 6.92 Å². The topological polar surface area (TPSA) is 57.3 Å². The number of carbonyl (C=O) groups is 1. The minimum Gasteiger partial charge on any atom is -0.322 e. The van der Waals surface area contributed by atoms with E-state index >= 15 is 0 Å². The second-order valence-corrected chi connectivity index (χ2v) is 7.43. The molecule has 144 valence electrons. The zero-order chi connectivity index (χ0) is 19.6. The van der Waals surface area contributed by atoms with E-state index < -0.39 is 5.82 Å². The van der Waals surface area contributed by atoms with Crippen LogP contribution in [0.1, 0.15) is 39.7 Å². The van der Waals surface area contributed by atoms with Crippen molar-refractivity contribution in [2.24, 2.45) is 0 Å². The third-order valence-corrected chi connectivity index (χ3v) is 5.04. The number of aromatic nitrogens is 1. The Bertz CT molecular complexity index is 852. The van der Waals surface area contributed by atoms with Crippen LogP contribution in [0.15, 0.2) is 24.4 Å². The van der Waals surface area contributed by atoms with Crippen LogP contribution in [0, 0.1) is 26.6 Å². The second-order valence-electron chi connectivity index (χ2n) is 7.43. The highest BCUT2D eigenvalue weighted by Crippen LogP contribution is 2.24. The van der Waals surface area contributed by atoms with Gasteiger partial charge in [0.25, 0.3) is 5.91 Å². The van der Waals surface area contributed by atoms with Crippen molar-refractivity contribution in [2.75, 3.05) is 25.0 Å². The molecule has 0 spiro atoms. The number of carbonyl (C=O) groups excluding carboxylic acids is 1. The Labute approximate surface area is 160 Å². The summed E-state index contributed by atoms with van der Waals surface area (Å²) in [5, 5.41) is 6.38. The van der Waals surface area contributed by atoms with Gasteiger partial charge in [0.05, 0.1) is 11.3 Å². The van der Waals surface area contributed by atoms with Gasteiger partial charge in [0.1, 0.15) is 5.82 Å². The zero-order valence-corrected chi connectivity index (χ0v) is 16.4. The lowest BCUT2D eigenvalue weighted by Crippen LogP contribution is -2.48. The van der Waals surface area contributed by atoms with Crippen LogP contribution in [0.3, 0.4) is 0 Å². The number of amides is 1. The average Bonchev–Trinajstić information content (AvgIpc) is 2.61. The monoisotopic (exact) mass is 370 g/mol. The van der Waals surface area contributed by atoms with Gasteiger partial charge in [-0.25, -0.2) is 4.39 Å². The minimum atomic E-state index is -0.475. The van der Waals surface area contributed by atoms with Crippen LogP contribution in [0.5, 0.6) is 0 Å². The molecule has 0 radical (unpaired) electrons. The van der Waals surface area contributed by atoms with Gasteiger partial charge >= 0.3 is 0 Å². The lowest BCUT2D eigenvalue weighted by Gasteiger charge is -2.32. The fourth-order valence-corrected chi connectivity index (χ4v) is 3.45. The van der Waals surface area contributed by atoms with E-state index in [-0.39, 0.29) is 17.2 Å². The molecule has 1 fully saturated rings. The van der Waals surface area contributed by atoms with Crippen molar-refractivity contribution in [3.8, 4) is 0 Å². The molecule has 1 saturated heterocycles. The van der Waals surface area contributed by atoms with Gasteiger partial charge in [-0.15, -0.1) is 0 Å². The van der Waals surface area contributed by atoms with Crippen molar-refractivity contribution in [3.63, 3.8) is 0 Å². The van der Waals surface area contributed by atoms with E-state index in [1.807, 2.05) is 19.9 Å². The Morgan fingerprint density at radius 3 is 2.81 bits per heavy atom. The van der Waals surface area contributed by atoms with Gasteiger partial charge in [-0.3, -0.25) is 14.7 Å². The molecule has 27 heavy (non-hydrogen) atoms. The van der Waals surface area contributed by atoms with Gasteiger partial charge < -0.3 is 10.6 Å². The number of anilines is 1. The maximum absolute atomic E-state index is 13.7. The number of benzene rings is 1. The molecule has 3 rings (SSSR count). The van der Waals surface area contributed by atoms with Gasteiger partial charge in [-0.2, -0.15) is 0 Å². The molecule has 1 aromatic carbocycles. The fraction of sp³-hybridized carbons (Fsp3) is 0.429. The SMILES string of the molecule is Cc1cc(CN2CCN[C@@H](C)C2)c(C)c(NC(=O)c2cnc(C)c(F)c2)c1. The standard InChI is InChI=1S/C21H27FN4O/c1-13-7-18(12-26-6-5-23-14(2)11-26)15(3)20(8-13)25-21(27)17-9-19(22)16(4)24-10-17/h7-10,14,23H,5-6,11-12H2,1-4H3,(H,25,27)/t14-/m0/s1. The highest BCUT2D eigenvalue weighted by Gasteiger charge is 2.18. The van der Waals surface area contributed by atoms with Crippen LogP contribution in [0.2, 0.25) is 0 Å². The van der Waals surface area contributed by atoms with E-state index in [1.165, 1.54) is 17.8 Å². The average molecular weight is 370 g/mol. The molecule has 1 amide bonds.